The summed E-state index contributed by atoms with van der Waals surface area (Å²) in [6.07, 6.45) is 3.72. The summed E-state index contributed by atoms with van der Waals surface area (Å²) in [5, 5.41) is 0. The summed E-state index contributed by atoms with van der Waals surface area (Å²) in [5.41, 5.74) is 2.00. The normalized spacial score (nSPS) is 14.9. The van der Waals surface area contributed by atoms with Gasteiger partial charge in [-0.05, 0) is 44.2 Å². The zero-order chi connectivity index (χ0) is 13.1. The number of ketones is 1. The van der Waals surface area contributed by atoms with Crippen LogP contribution in [0.4, 0.5) is 5.69 Å². The number of Topliss-reactive ketones (excluding diaryl/α,β-unsaturated/α-hetero) is 1. The SMILES string of the molecule is CC(=O)c1ccccc1N(CCC(C)C)C1CC1. The first-order valence-corrected chi connectivity index (χ1v) is 6.96. The molecule has 0 N–H and O–H groups in total. The van der Waals surface area contributed by atoms with Crippen molar-refractivity contribution in [2.24, 2.45) is 5.92 Å². The van der Waals surface area contributed by atoms with E-state index < -0.39 is 0 Å². The van der Waals surface area contributed by atoms with Crippen molar-refractivity contribution in [3.63, 3.8) is 0 Å². The van der Waals surface area contributed by atoms with Crippen LogP contribution >= 0.6 is 0 Å². The van der Waals surface area contributed by atoms with Crippen LogP contribution in [0.3, 0.4) is 0 Å². The number of para-hydroxylation sites is 1. The molecule has 1 aliphatic rings. The molecule has 0 atom stereocenters. The molecule has 2 rings (SSSR count). The number of rotatable bonds is 6. The Morgan fingerprint density at radius 2 is 2.00 bits per heavy atom. The number of anilines is 1. The van der Waals surface area contributed by atoms with Crippen LogP contribution in [0, 0.1) is 5.92 Å². The summed E-state index contributed by atoms with van der Waals surface area (Å²) < 4.78 is 0. The van der Waals surface area contributed by atoms with Gasteiger partial charge in [-0.3, -0.25) is 4.79 Å². The van der Waals surface area contributed by atoms with Crippen molar-refractivity contribution in [3.05, 3.63) is 29.8 Å². The minimum atomic E-state index is 0.167. The lowest BCUT2D eigenvalue weighted by molar-refractivity contribution is 0.101. The molecule has 0 aliphatic heterocycles. The van der Waals surface area contributed by atoms with Crippen molar-refractivity contribution < 1.29 is 4.79 Å². The lowest BCUT2D eigenvalue weighted by Gasteiger charge is -2.27. The van der Waals surface area contributed by atoms with Gasteiger partial charge in [0.2, 0.25) is 0 Å². The second kappa shape index (κ2) is 5.55. The lowest BCUT2D eigenvalue weighted by Crippen LogP contribution is -2.29. The Morgan fingerprint density at radius 3 is 2.56 bits per heavy atom. The minimum Gasteiger partial charge on any atom is -0.368 e. The third-order valence-corrected chi connectivity index (χ3v) is 3.53. The van der Waals surface area contributed by atoms with E-state index in [9.17, 15) is 4.79 Å². The van der Waals surface area contributed by atoms with E-state index >= 15 is 0 Å². The quantitative estimate of drug-likeness (QED) is 0.708. The van der Waals surface area contributed by atoms with Gasteiger partial charge in [0.25, 0.3) is 0 Å². The second-order valence-corrected chi connectivity index (χ2v) is 5.68. The molecule has 1 aliphatic carbocycles. The van der Waals surface area contributed by atoms with E-state index in [0.717, 1.165) is 17.8 Å². The average molecular weight is 245 g/mol. The third-order valence-electron chi connectivity index (χ3n) is 3.53. The predicted molar refractivity (Wildman–Crippen MR) is 76.3 cm³/mol. The summed E-state index contributed by atoms with van der Waals surface area (Å²) >= 11 is 0. The van der Waals surface area contributed by atoms with Crippen molar-refractivity contribution in [1.82, 2.24) is 0 Å². The highest BCUT2D eigenvalue weighted by atomic mass is 16.1. The molecule has 0 amide bonds. The van der Waals surface area contributed by atoms with Crippen LogP contribution in [0.25, 0.3) is 0 Å². The molecule has 0 saturated heterocycles. The zero-order valence-electron chi connectivity index (χ0n) is 11.6. The van der Waals surface area contributed by atoms with E-state index in [1.165, 1.54) is 19.3 Å². The molecule has 0 spiro atoms. The van der Waals surface area contributed by atoms with Crippen molar-refractivity contribution >= 4 is 11.5 Å². The van der Waals surface area contributed by atoms with Crippen LogP contribution in [-0.4, -0.2) is 18.4 Å². The van der Waals surface area contributed by atoms with E-state index in [4.69, 9.17) is 0 Å². The molecule has 1 aromatic rings. The Labute approximate surface area is 110 Å². The molecule has 0 aromatic heterocycles. The van der Waals surface area contributed by atoms with Crippen molar-refractivity contribution in [1.29, 1.82) is 0 Å². The van der Waals surface area contributed by atoms with E-state index in [2.05, 4.69) is 24.8 Å². The van der Waals surface area contributed by atoms with Crippen LogP contribution in [0.15, 0.2) is 24.3 Å². The van der Waals surface area contributed by atoms with Gasteiger partial charge >= 0.3 is 0 Å². The number of hydrogen-bond donors (Lipinski definition) is 0. The maximum absolute atomic E-state index is 11.7. The summed E-state index contributed by atoms with van der Waals surface area (Å²) in [7, 11) is 0. The van der Waals surface area contributed by atoms with E-state index in [-0.39, 0.29) is 5.78 Å². The smallest absolute Gasteiger partial charge is 0.161 e. The van der Waals surface area contributed by atoms with Gasteiger partial charge < -0.3 is 4.90 Å². The lowest BCUT2D eigenvalue weighted by atomic mass is 10.1. The van der Waals surface area contributed by atoms with E-state index in [0.29, 0.717) is 12.0 Å². The van der Waals surface area contributed by atoms with Crippen molar-refractivity contribution in [2.45, 2.75) is 46.1 Å². The topological polar surface area (TPSA) is 20.3 Å². The highest BCUT2D eigenvalue weighted by Gasteiger charge is 2.30. The molecule has 1 fully saturated rings. The van der Waals surface area contributed by atoms with E-state index in [1.807, 2.05) is 18.2 Å². The molecule has 0 heterocycles. The number of carbonyl (C=O) groups is 1. The monoisotopic (exact) mass is 245 g/mol. The average Bonchev–Trinajstić information content (AvgIpc) is 3.14. The fraction of sp³-hybridized carbons (Fsp3) is 0.562. The Hall–Kier alpha value is -1.31. The minimum absolute atomic E-state index is 0.167. The number of nitrogens with zero attached hydrogens (tertiary/aromatic N) is 1. The molecule has 0 unspecified atom stereocenters. The first-order valence-electron chi connectivity index (χ1n) is 6.96. The fourth-order valence-electron chi connectivity index (χ4n) is 2.31. The second-order valence-electron chi connectivity index (χ2n) is 5.68. The van der Waals surface area contributed by atoms with Gasteiger partial charge in [-0.2, -0.15) is 0 Å². The van der Waals surface area contributed by atoms with Crippen LogP contribution in [-0.2, 0) is 0 Å². The highest BCUT2D eigenvalue weighted by molar-refractivity contribution is 5.99. The molecule has 18 heavy (non-hydrogen) atoms. The Bertz CT molecular complexity index is 421. The van der Waals surface area contributed by atoms with Gasteiger partial charge in [0.05, 0.1) is 0 Å². The van der Waals surface area contributed by atoms with Crippen LogP contribution in [0.2, 0.25) is 0 Å². The molecule has 1 aromatic carbocycles. The first kappa shape index (κ1) is 13.1. The Balaban J connectivity index is 2.22. The van der Waals surface area contributed by atoms with Gasteiger partial charge in [0.15, 0.2) is 5.78 Å². The molecule has 2 nitrogen and oxygen atoms in total. The molecular weight excluding hydrogens is 222 g/mol. The molecule has 1 saturated carbocycles. The molecule has 98 valence electrons. The fourth-order valence-corrected chi connectivity index (χ4v) is 2.31. The molecule has 0 bridgehead atoms. The first-order chi connectivity index (χ1) is 8.59. The van der Waals surface area contributed by atoms with E-state index in [1.54, 1.807) is 6.92 Å². The summed E-state index contributed by atoms with van der Waals surface area (Å²) in [6.45, 7) is 7.23. The zero-order valence-corrected chi connectivity index (χ0v) is 11.6. The van der Waals surface area contributed by atoms with Crippen molar-refractivity contribution in [2.75, 3.05) is 11.4 Å². The Morgan fingerprint density at radius 1 is 1.33 bits per heavy atom. The maximum atomic E-state index is 11.7. The highest BCUT2D eigenvalue weighted by Crippen LogP contribution is 2.34. The molecular formula is C16H23NO. The van der Waals surface area contributed by atoms with Crippen LogP contribution < -0.4 is 4.90 Å². The predicted octanol–water partition coefficient (Wildman–Crippen LogP) is 3.90. The number of carbonyl (C=O) groups excluding carboxylic acids is 1. The summed E-state index contributed by atoms with van der Waals surface area (Å²) in [5.74, 6) is 0.872. The number of benzene rings is 1. The largest absolute Gasteiger partial charge is 0.368 e. The van der Waals surface area contributed by atoms with Gasteiger partial charge in [-0.25, -0.2) is 0 Å². The standard InChI is InChI=1S/C16H23NO/c1-12(2)10-11-17(14-8-9-14)16-7-5-4-6-15(16)13(3)18/h4-7,12,14H,8-11H2,1-3H3. The number of hydrogen-bond acceptors (Lipinski definition) is 2. The van der Waals surface area contributed by atoms with Gasteiger partial charge in [0, 0.05) is 23.8 Å². The van der Waals surface area contributed by atoms with Gasteiger partial charge in [0.1, 0.15) is 0 Å². The van der Waals surface area contributed by atoms with Gasteiger partial charge in [-0.1, -0.05) is 26.0 Å². The Kier molecular flexibility index (Phi) is 4.05. The molecule has 0 radical (unpaired) electrons. The third kappa shape index (κ3) is 3.12. The van der Waals surface area contributed by atoms with Gasteiger partial charge in [-0.15, -0.1) is 0 Å². The molecule has 2 heteroatoms. The summed E-state index contributed by atoms with van der Waals surface area (Å²) in [4.78, 5) is 14.2. The maximum Gasteiger partial charge on any atom is 0.161 e. The van der Waals surface area contributed by atoms with Crippen LogP contribution in [0.5, 0.6) is 0 Å². The van der Waals surface area contributed by atoms with Crippen LogP contribution in [0.1, 0.15) is 50.4 Å². The van der Waals surface area contributed by atoms with Crippen molar-refractivity contribution in [3.8, 4) is 0 Å². The summed E-state index contributed by atoms with van der Waals surface area (Å²) in [6, 6.07) is 8.68.